The van der Waals surface area contributed by atoms with Gasteiger partial charge in [-0.3, -0.25) is 9.89 Å². The Morgan fingerprint density at radius 3 is 2.67 bits per heavy atom. The van der Waals surface area contributed by atoms with E-state index in [0.717, 1.165) is 44.5 Å². The van der Waals surface area contributed by atoms with E-state index in [2.05, 4.69) is 49.9 Å². The first-order valence-electron chi connectivity index (χ1n) is 14.5. The van der Waals surface area contributed by atoms with Crippen molar-refractivity contribution < 1.29 is 14.1 Å². The minimum Gasteiger partial charge on any atom is -0.610 e. The van der Waals surface area contributed by atoms with Crippen LogP contribution in [-0.2, 0) is 21.7 Å². The average Bonchev–Trinajstić information content (AvgIpc) is 3.41. The van der Waals surface area contributed by atoms with Gasteiger partial charge in [-0.15, -0.1) is 0 Å². The number of hydrogen-bond donors (Lipinski definition) is 3. The number of nitrogens with one attached hydrogen (secondary N) is 3. The van der Waals surface area contributed by atoms with Crippen molar-refractivity contribution in [3.8, 4) is 0 Å². The van der Waals surface area contributed by atoms with Crippen molar-refractivity contribution in [1.29, 1.82) is 0 Å². The molecular weight excluding hydrogens is 607 g/mol. The molecule has 226 valence electrons. The fourth-order valence-electron chi connectivity index (χ4n) is 5.68. The van der Waals surface area contributed by atoms with E-state index in [1.165, 1.54) is 5.56 Å². The number of anilines is 2. The topological polar surface area (TPSA) is 118 Å². The van der Waals surface area contributed by atoms with Crippen molar-refractivity contribution in [2.24, 2.45) is 0 Å². The molecule has 0 saturated carbocycles. The molecule has 1 atom stereocenters. The molecule has 2 fully saturated rings. The lowest BCUT2D eigenvalue weighted by Crippen LogP contribution is -2.30. The fourth-order valence-corrected chi connectivity index (χ4v) is 7.22. The number of pyridine rings is 1. The normalized spacial score (nSPS) is 17.7. The van der Waals surface area contributed by atoms with Crippen LogP contribution in [0.4, 0.5) is 11.5 Å². The summed E-state index contributed by atoms with van der Waals surface area (Å²) in [5.74, 6) is 0.597. The van der Waals surface area contributed by atoms with Crippen LogP contribution in [0.1, 0.15) is 53.1 Å². The summed E-state index contributed by atoms with van der Waals surface area (Å²) in [7, 11) is 2.16. The first-order valence-corrected chi connectivity index (χ1v) is 16.6. The zero-order chi connectivity index (χ0) is 29.9. The Morgan fingerprint density at radius 2 is 1.88 bits per heavy atom. The number of likely N-dealkylation sites (tertiary alicyclic amines) is 1. The fraction of sp³-hybridized carbons (Fsp3) is 0.387. The van der Waals surface area contributed by atoms with Crippen molar-refractivity contribution in [2.75, 3.05) is 44.0 Å². The Morgan fingerprint density at radius 1 is 1.09 bits per heavy atom. The SMILES string of the molecule is CN1CCC(c2ccc(C(=O)Nc3n[nH]c4ccc([S+]([O-])Cc5cc(Cl)ccc5Cl)nc34)c(NC3CCOCC3)c2)CC1. The van der Waals surface area contributed by atoms with E-state index in [0.29, 0.717) is 56.4 Å². The lowest BCUT2D eigenvalue weighted by molar-refractivity contribution is 0.0904. The summed E-state index contributed by atoms with van der Waals surface area (Å²) in [6, 6.07) is 14.9. The molecule has 2 aliphatic rings. The third-order valence-corrected chi connectivity index (χ3v) is 10.1. The van der Waals surface area contributed by atoms with Crippen molar-refractivity contribution in [3.63, 3.8) is 0 Å². The van der Waals surface area contributed by atoms with Gasteiger partial charge in [-0.1, -0.05) is 29.3 Å². The van der Waals surface area contributed by atoms with Crippen molar-refractivity contribution in [3.05, 3.63) is 75.3 Å². The van der Waals surface area contributed by atoms with E-state index >= 15 is 0 Å². The molecule has 12 heteroatoms. The third kappa shape index (κ3) is 7.11. The number of nitrogens with zero attached hydrogens (tertiary/aromatic N) is 3. The maximum absolute atomic E-state index is 13.7. The Kier molecular flexibility index (Phi) is 9.42. The number of carbonyl (C=O) groups is 1. The standard InChI is InChI=1S/C31H34Cl2N6O3S/c1-39-12-8-19(9-13-39)20-2-4-24(27(17-20)34-23-10-14-42-15-11-23)31(40)36-30-29-26(37-38-30)6-7-28(35-29)43(41)18-21-16-22(32)3-5-25(21)33/h2-7,16-17,19,23,34H,8-15,18H2,1H3,(H2,36,37,38,40). The summed E-state index contributed by atoms with van der Waals surface area (Å²) in [5, 5.41) is 15.2. The first kappa shape index (κ1) is 30.2. The largest absolute Gasteiger partial charge is 0.610 e. The molecule has 6 rings (SSSR count). The number of hydrogen-bond acceptors (Lipinski definition) is 7. The second-order valence-corrected chi connectivity index (χ2v) is 13.5. The van der Waals surface area contributed by atoms with Gasteiger partial charge in [0.1, 0.15) is 11.3 Å². The lowest BCUT2D eigenvalue weighted by Gasteiger charge is -2.30. The van der Waals surface area contributed by atoms with Crippen LogP contribution in [0.3, 0.4) is 0 Å². The predicted octanol–water partition coefficient (Wildman–Crippen LogP) is 6.22. The Hall–Kier alpha value is -2.86. The molecule has 43 heavy (non-hydrogen) atoms. The van der Waals surface area contributed by atoms with Gasteiger partial charge in [0.25, 0.3) is 5.91 Å². The maximum atomic E-state index is 13.7. The van der Waals surface area contributed by atoms with Gasteiger partial charge in [0.05, 0.1) is 11.1 Å². The summed E-state index contributed by atoms with van der Waals surface area (Å²) in [5.41, 5.74) is 4.32. The molecular formula is C31H34Cl2N6O3S. The molecule has 2 aliphatic heterocycles. The van der Waals surface area contributed by atoms with Crippen LogP contribution in [0.2, 0.25) is 10.0 Å². The number of amides is 1. The van der Waals surface area contributed by atoms with Gasteiger partial charge in [0.2, 0.25) is 5.03 Å². The number of rotatable bonds is 8. The zero-order valence-electron chi connectivity index (χ0n) is 23.9. The highest BCUT2D eigenvalue weighted by atomic mass is 35.5. The van der Waals surface area contributed by atoms with E-state index in [-0.39, 0.29) is 23.5 Å². The monoisotopic (exact) mass is 640 g/mol. The van der Waals surface area contributed by atoms with Crippen LogP contribution >= 0.6 is 23.2 Å². The molecule has 1 unspecified atom stereocenters. The van der Waals surface area contributed by atoms with E-state index in [1.54, 1.807) is 30.3 Å². The first-order chi connectivity index (χ1) is 20.8. The molecule has 2 aromatic carbocycles. The number of H-pyrrole nitrogens is 1. The molecule has 3 N–H and O–H groups in total. The van der Waals surface area contributed by atoms with Crippen LogP contribution in [0.15, 0.2) is 53.6 Å². The molecule has 0 bridgehead atoms. The summed E-state index contributed by atoms with van der Waals surface area (Å²) in [6.07, 6.45) is 3.95. The highest BCUT2D eigenvalue weighted by Crippen LogP contribution is 2.32. The second kappa shape index (κ2) is 13.4. The molecule has 2 aromatic heterocycles. The summed E-state index contributed by atoms with van der Waals surface area (Å²) < 4.78 is 18.8. The van der Waals surface area contributed by atoms with Gasteiger partial charge < -0.3 is 24.8 Å². The van der Waals surface area contributed by atoms with Gasteiger partial charge in [-0.2, -0.15) is 10.1 Å². The van der Waals surface area contributed by atoms with Crippen LogP contribution in [0, 0.1) is 0 Å². The summed E-state index contributed by atoms with van der Waals surface area (Å²) >= 11 is 10.9. The Bertz CT molecular complexity index is 1600. The van der Waals surface area contributed by atoms with Crippen LogP contribution in [0.25, 0.3) is 11.0 Å². The van der Waals surface area contributed by atoms with E-state index < -0.39 is 11.2 Å². The molecule has 9 nitrogen and oxygen atoms in total. The highest BCUT2D eigenvalue weighted by Gasteiger charge is 2.24. The van der Waals surface area contributed by atoms with Crippen LogP contribution in [0.5, 0.6) is 0 Å². The smallest absolute Gasteiger partial charge is 0.259 e. The second-order valence-electron chi connectivity index (χ2n) is 11.2. The third-order valence-electron chi connectivity index (χ3n) is 8.20. The van der Waals surface area contributed by atoms with Gasteiger partial charge in [-0.25, -0.2) is 0 Å². The molecule has 0 radical (unpaired) electrons. The molecule has 4 aromatic rings. The van der Waals surface area contributed by atoms with E-state index in [9.17, 15) is 9.35 Å². The number of carbonyl (C=O) groups excluding carboxylic acids is 1. The number of fused-ring (bicyclic) bond motifs is 1. The lowest BCUT2D eigenvalue weighted by atomic mass is 9.88. The van der Waals surface area contributed by atoms with Gasteiger partial charge >= 0.3 is 0 Å². The number of halogens is 2. The van der Waals surface area contributed by atoms with Gasteiger partial charge in [0, 0.05) is 57.8 Å². The van der Waals surface area contributed by atoms with Crippen molar-refractivity contribution in [2.45, 2.75) is 48.4 Å². The number of benzene rings is 2. The number of aromatic amines is 1. The maximum Gasteiger partial charge on any atom is 0.259 e. The minimum absolute atomic E-state index is 0.155. The number of piperidine rings is 1. The van der Waals surface area contributed by atoms with Crippen molar-refractivity contribution >= 4 is 62.8 Å². The Labute approximate surface area is 263 Å². The van der Waals surface area contributed by atoms with Crippen molar-refractivity contribution in [1.82, 2.24) is 20.1 Å². The Balaban J connectivity index is 1.24. The van der Waals surface area contributed by atoms with Gasteiger partial charge in [-0.05, 0) is 93.7 Å². The van der Waals surface area contributed by atoms with Crippen LogP contribution in [-0.4, -0.2) is 69.9 Å². The number of aromatic nitrogens is 3. The van der Waals surface area contributed by atoms with E-state index in [1.807, 2.05) is 6.07 Å². The average molecular weight is 642 g/mol. The quantitative estimate of drug-likeness (QED) is 0.196. The molecule has 2 saturated heterocycles. The van der Waals surface area contributed by atoms with E-state index in [4.69, 9.17) is 27.9 Å². The molecule has 4 heterocycles. The molecule has 1 amide bonds. The predicted molar refractivity (Wildman–Crippen MR) is 172 cm³/mol. The molecule has 0 spiro atoms. The summed E-state index contributed by atoms with van der Waals surface area (Å²) in [6.45, 7) is 3.53. The highest BCUT2D eigenvalue weighted by molar-refractivity contribution is 7.90. The molecule has 0 aliphatic carbocycles. The zero-order valence-corrected chi connectivity index (χ0v) is 26.2. The van der Waals surface area contributed by atoms with Gasteiger partial charge in [0.15, 0.2) is 5.82 Å². The van der Waals surface area contributed by atoms with Crippen LogP contribution < -0.4 is 10.6 Å². The number of ether oxygens (including phenoxy) is 1. The minimum atomic E-state index is -1.50. The summed E-state index contributed by atoms with van der Waals surface area (Å²) in [4.78, 5) is 20.7.